The van der Waals surface area contributed by atoms with E-state index < -0.39 is 17.7 Å². The van der Waals surface area contributed by atoms with Gasteiger partial charge in [-0.2, -0.15) is 0 Å². The summed E-state index contributed by atoms with van der Waals surface area (Å²) in [6, 6.07) is 14.3. The first-order chi connectivity index (χ1) is 17.7. The standard InChI is InChI=1S/C29H29N3O5/c1-17(2)16-37-24-11-10-20(13-18(24)3)27(34)25-26(21-7-6-12-30-15-21)32(29(36)28(25)35)23-9-5-8-22(14-23)31-19(4)33/h5-15,17,26,34H,16H2,1-4H3,(H,31,33)/b27-25+. The van der Waals surface area contributed by atoms with Crippen LogP contribution < -0.4 is 15.0 Å². The fourth-order valence-corrected chi connectivity index (χ4v) is 4.26. The second-order valence-corrected chi connectivity index (χ2v) is 9.37. The van der Waals surface area contributed by atoms with E-state index in [4.69, 9.17) is 4.74 Å². The molecule has 0 bridgehead atoms. The van der Waals surface area contributed by atoms with Crippen LogP contribution in [0.4, 0.5) is 11.4 Å². The third kappa shape index (κ3) is 5.38. The van der Waals surface area contributed by atoms with Crippen molar-refractivity contribution in [2.24, 2.45) is 5.92 Å². The van der Waals surface area contributed by atoms with Gasteiger partial charge in [0.2, 0.25) is 5.91 Å². The molecule has 2 aromatic carbocycles. The number of aromatic nitrogens is 1. The Bertz CT molecular complexity index is 1380. The number of aliphatic hydroxyl groups excluding tert-OH is 1. The first-order valence-corrected chi connectivity index (χ1v) is 12.0. The Morgan fingerprint density at radius 3 is 2.57 bits per heavy atom. The summed E-state index contributed by atoms with van der Waals surface area (Å²) >= 11 is 0. The molecule has 1 atom stereocenters. The van der Waals surface area contributed by atoms with Crippen LogP contribution in [0.1, 0.15) is 43.5 Å². The zero-order valence-corrected chi connectivity index (χ0v) is 21.2. The van der Waals surface area contributed by atoms with Crippen LogP contribution in [0, 0.1) is 12.8 Å². The number of nitrogens with one attached hydrogen (secondary N) is 1. The minimum atomic E-state index is -0.918. The van der Waals surface area contributed by atoms with Gasteiger partial charge in [0.15, 0.2) is 0 Å². The number of ketones is 1. The Labute approximate surface area is 215 Å². The molecule has 1 aromatic heterocycles. The molecule has 0 saturated carbocycles. The first-order valence-electron chi connectivity index (χ1n) is 12.0. The maximum Gasteiger partial charge on any atom is 0.300 e. The maximum atomic E-state index is 13.4. The van der Waals surface area contributed by atoms with E-state index in [0.29, 0.717) is 40.8 Å². The lowest BCUT2D eigenvalue weighted by Crippen LogP contribution is -2.29. The molecule has 2 heterocycles. The summed E-state index contributed by atoms with van der Waals surface area (Å²) in [7, 11) is 0. The van der Waals surface area contributed by atoms with Gasteiger partial charge in [-0.15, -0.1) is 0 Å². The second kappa shape index (κ2) is 10.7. The molecule has 37 heavy (non-hydrogen) atoms. The molecule has 1 unspecified atom stereocenters. The molecule has 1 fully saturated rings. The third-order valence-electron chi connectivity index (χ3n) is 5.91. The average Bonchev–Trinajstić information content (AvgIpc) is 3.13. The largest absolute Gasteiger partial charge is 0.507 e. The molecule has 3 aromatic rings. The SMILES string of the molecule is CC(=O)Nc1cccc(N2C(=O)C(=O)/C(=C(/O)c3ccc(OCC(C)C)c(C)c3)C2c2cccnc2)c1. The van der Waals surface area contributed by atoms with E-state index in [0.717, 1.165) is 5.56 Å². The smallest absolute Gasteiger partial charge is 0.300 e. The fraction of sp³-hybridized carbons (Fsp3) is 0.241. The van der Waals surface area contributed by atoms with Gasteiger partial charge in [-0.05, 0) is 66.4 Å². The lowest BCUT2D eigenvalue weighted by molar-refractivity contribution is -0.132. The van der Waals surface area contributed by atoms with Crippen LogP contribution in [0.5, 0.6) is 5.75 Å². The number of carbonyl (C=O) groups is 3. The van der Waals surface area contributed by atoms with Gasteiger partial charge in [0.25, 0.3) is 11.7 Å². The highest BCUT2D eigenvalue weighted by molar-refractivity contribution is 6.51. The number of hydrogen-bond acceptors (Lipinski definition) is 6. The van der Waals surface area contributed by atoms with Gasteiger partial charge in [0.1, 0.15) is 11.5 Å². The van der Waals surface area contributed by atoms with E-state index in [-0.39, 0.29) is 17.2 Å². The van der Waals surface area contributed by atoms with Crippen molar-refractivity contribution in [1.82, 2.24) is 4.98 Å². The highest BCUT2D eigenvalue weighted by atomic mass is 16.5. The summed E-state index contributed by atoms with van der Waals surface area (Å²) in [6.07, 6.45) is 3.15. The zero-order chi connectivity index (χ0) is 26.7. The number of anilines is 2. The van der Waals surface area contributed by atoms with Crippen LogP contribution >= 0.6 is 0 Å². The number of amides is 2. The van der Waals surface area contributed by atoms with Crippen molar-refractivity contribution >= 4 is 34.7 Å². The molecule has 2 N–H and O–H groups in total. The molecule has 4 rings (SSSR count). The van der Waals surface area contributed by atoms with Crippen LogP contribution in [-0.4, -0.2) is 34.3 Å². The molecule has 1 aliphatic heterocycles. The summed E-state index contributed by atoms with van der Waals surface area (Å²) in [6.45, 7) is 7.90. The Morgan fingerprint density at radius 2 is 1.92 bits per heavy atom. The molecule has 0 spiro atoms. The van der Waals surface area contributed by atoms with Crippen molar-refractivity contribution in [3.63, 3.8) is 0 Å². The molecule has 8 heteroatoms. The van der Waals surface area contributed by atoms with Gasteiger partial charge in [-0.1, -0.05) is 26.0 Å². The van der Waals surface area contributed by atoms with Gasteiger partial charge in [0, 0.05) is 36.3 Å². The Hall–Kier alpha value is -4.46. The van der Waals surface area contributed by atoms with E-state index in [1.165, 1.54) is 11.8 Å². The average molecular weight is 500 g/mol. The Morgan fingerprint density at radius 1 is 1.14 bits per heavy atom. The summed E-state index contributed by atoms with van der Waals surface area (Å²) in [5, 5.41) is 14.1. The molecular formula is C29H29N3O5. The predicted molar refractivity (Wildman–Crippen MR) is 141 cm³/mol. The van der Waals surface area contributed by atoms with Crippen molar-refractivity contribution in [3.05, 3.63) is 89.3 Å². The number of nitrogens with zero attached hydrogens (tertiary/aromatic N) is 2. The number of ether oxygens (including phenoxy) is 1. The van der Waals surface area contributed by atoms with Crippen molar-refractivity contribution in [3.8, 4) is 5.75 Å². The van der Waals surface area contributed by atoms with Crippen LogP contribution in [0.2, 0.25) is 0 Å². The van der Waals surface area contributed by atoms with Crippen LogP contribution in [0.15, 0.2) is 72.6 Å². The number of hydrogen-bond donors (Lipinski definition) is 2. The van der Waals surface area contributed by atoms with Gasteiger partial charge in [-0.25, -0.2) is 0 Å². The van der Waals surface area contributed by atoms with Crippen molar-refractivity contribution < 1.29 is 24.2 Å². The number of aliphatic hydroxyl groups is 1. The topological polar surface area (TPSA) is 109 Å². The summed E-state index contributed by atoms with van der Waals surface area (Å²) < 4.78 is 5.84. The highest BCUT2D eigenvalue weighted by Crippen LogP contribution is 2.42. The lowest BCUT2D eigenvalue weighted by Gasteiger charge is -2.25. The second-order valence-electron chi connectivity index (χ2n) is 9.37. The van der Waals surface area contributed by atoms with Crippen LogP contribution in [0.25, 0.3) is 5.76 Å². The quantitative estimate of drug-likeness (QED) is 0.269. The predicted octanol–water partition coefficient (Wildman–Crippen LogP) is 5.01. The molecule has 8 nitrogen and oxygen atoms in total. The summed E-state index contributed by atoms with van der Waals surface area (Å²) in [5.41, 5.74) is 2.58. The van der Waals surface area contributed by atoms with Crippen molar-refractivity contribution in [2.45, 2.75) is 33.7 Å². The van der Waals surface area contributed by atoms with Gasteiger partial charge in [-0.3, -0.25) is 24.3 Å². The van der Waals surface area contributed by atoms with Crippen LogP contribution in [0.3, 0.4) is 0 Å². The van der Waals surface area contributed by atoms with Gasteiger partial charge in [0.05, 0.1) is 18.2 Å². The molecule has 2 amide bonds. The number of pyridine rings is 1. The van der Waals surface area contributed by atoms with E-state index in [2.05, 4.69) is 24.1 Å². The minimum absolute atomic E-state index is 0.0434. The van der Waals surface area contributed by atoms with Crippen molar-refractivity contribution in [1.29, 1.82) is 0 Å². The number of Topliss-reactive ketones (excluding diaryl/α,β-unsaturated/α-hetero) is 1. The lowest BCUT2D eigenvalue weighted by atomic mass is 9.95. The molecular weight excluding hydrogens is 470 g/mol. The van der Waals surface area contributed by atoms with E-state index in [1.807, 2.05) is 6.92 Å². The van der Waals surface area contributed by atoms with E-state index in [9.17, 15) is 19.5 Å². The molecule has 190 valence electrons. The highest BCUT2D eigenvalue weighted by Gasteiger charge is 2.47. The monoisotopic (exact) mass is 499 g/mol. The fourth-order valence-electron chi connectivity index (χ4n) is 4.26. The first kappa shape index (κ1) is 25.6. The molecule has 1 aliphatic rings. The van der Waals surface area contributed by atoms with E-state index in [1.54, 1.807) is 67.0 Å². The van der Waals surface area contributed by atoms with Crippen LogP contribution in [-0.2, 0) is 14.4 Å². The van der Waals surface area contributed by atoms with Gasteiger partial charge < -0.3 is 15.2 Å². The summed E-state index contributed by atoms with van der Waals surface area (Å²) in [5.74, 6) is -1.11. The molecule has 0 radical (unpaired) electrons. The minimum Gasteiger partial charge on any atom is -0.507 e. The summed E-state index contributed by atoms with van der Waals surface area (Å²) in [4.78, 5) is 43.8. The Kier molecular flexibility index (Phi) is 7.38. The molecule has 0 aliphatic carbocycles. The van der Waals surface area contributed by atoms with E-state index >= 15 is 0 Å². The number of carbonyl (C=O) groups excluding carboxylic acids is 3. The zero-order valence-electron chi connectivity index (χ0n) is 21.2. The van der Waals surface area contributed by atoms with Gasteiger partial charge >= 0.3 is 0 Å². The number of rotatable bonds is 7. The number of aryl methyl sites for hydroxylation is 1. The Balaban J connectivity index is 1.83. The van der Waals surface area contributed by atoms with Crippen molar-refractivity contribution in [2.75, 3.05) is 16.8 Å². The maximum absolute atomic E-state index is 13.4. The normalized spacial score (nSPS) is 16.8. The third-order valence-corrected chi connectivity index (χ3v) is 5.91. The molecule has 1 saturated heterocycles. The number of benzene rings is 2.